The van der Waals surface area contributed by atoms with Gasteiger partial charge in [0, 0.05) is 41.9 Å². The zero-order chi connectivity index (χ0) is 24.8. The second-order valence-electron chi connectivity index (χ2n) is 8.10. The summed E-state index contributed by atoms with van der Waals surface area (Å²) in [6.07, 6.45) is 3.96. The number of fused-ring (bicyclic) bond motifs is 1. The Morgan fingerprint density at radius 1 is 1.29 bits per heavy atom. The van der Waals surface area contributed by atoms with Crippen molar-refractivity contribution in [3.05, 3.63) is 64.6 Å². The average molecular weight is 488 g/mol. The molecule has 0 aliphatic carbocycles. The highest BCUT2D eigenvalue weighted by Crippen LogP contribution is 2.26. The highest BCUT2D eigenvalue weighted by Gasteiger charge is 2.28. The molecule has 1 saturated heterocycles. The molecule has 1 amide bonds. The minimum Gasteiger partial charge on any atom is -0.508 e. The van der Waals surface area contributed by atoms with Gasteiger partial charge < -0.3 is 24.7 Å². The number of rotatable bonds is 6. The van der Waals surface area contributed by atoms with Crippen LogP contribution in [-0.2, 0) is 22.7 Å². The van der Waals surface area contributed by atoms with Crippen molar-refractivity contribution in [2.45, 2.75) is 38.9 Å². The van der Waals surface area contributed by atoms with Crippen LogP contribution >= 0.6 is 11.6 Å². The number of hydrogen-bond acceptors (Lipinski definition) is 5. The van der Waals surface area contributed by atoms with E-state index in [1.165, 1.54) is 25.1 Å². The minimum absolute atomic E-state index is 0.0393. The van der Waals surface area contributed by atoms with Crippen molar-refractivity contribution >= 4 is 40.5 Å². The lowest BCUT2D eigenvalue weighted by atomic mass is 10.1. The normalized spacial score (nSPS) is 15.2. The van der Waals surface area contributed by atoms with Crippen molar-refractivity contribution in [1.82, 2.24) is 14.8 Å². The third kappa shape index (κ3) is 5.63. The molecule has 1 aliphatic rings. The van der Waals surface area contributed by atoms with Crippen LogP contribution in [0.25, 0.3) is 10.9 Å². The van der Waals surface area contributed by atoms with Crippen LogP contribution in [0.1, 0.15) is 35.7 Å². The molecule has 0 unspecified atom stereocenters. The van der Waals surface area contributed by atoms with Crippen molar-refractivity contribution in [2.24, 2.45) is 0 Å². The van der Waals surface area contributed by atoms with Gasteiger partial charge in [0.05, 0.1) is 16.6 Å². The fraction of sp³-hybridized carbons (Fsp3) is 0.320. The Kier molecular flexibility index (Phi) is 8.41. The number of aromatic hydroxyl groups is 1. The standard InChI is InChI=1S/C17H18N2O4.C8H9ClFN/c1-11(21)15-8-18(16-7-13(22)4-5-14(15)16)9-17(23)19-6-2-3-12(19)10-20;1-11-5-6-3-2-4-7(9)8(6)10/h4-5,7-8,10,12,22H,2-3,6,9H2,1H3;2-4,11H,5H2,1H3/t12-;/m0./s1. The van der Waals surface area contributed by atoms with Crippen molar-refractivity contribution in [2.75, 3.05) is 13.6 Å². The molecule has 2 N–H and O–H groups in total. The third-order valence-electron chi connectivity index (χ3n) is 5.73. The van der Waals surface area contributed by atoms with Gasteiger partial charge in [-0.3, -0.25) is 9.59 Å². The van der Waals surface area contributed by atoms with Gasteiger partial charge in [0.25, 0.3) is 0 Å². The first-order valence-electron chi connectivity index (χ1n) is 10.9. The molecule has 34 heavy (non-hydrogen) atoms. The predicted molar refractivity (Wildman–Crippen MR) is 129 cm³/mol. The summed E-state index contributed by atoms with van der Waals surface area (Å²) in [5.41, 5.74) is 1.74. The molecule has 4 rings (SSSR count). The van der Waals surface area contributed by atoms with Gasteiger partial charge in [0.1, 0.15) is 24.4 Å². The van der Waals surface area contributed by atoms with Gasteiger partial charge in [0.15, 0.2) is 5.78 Å². The van der Waals surface area contributed by atoms with Gasteiger partial charge in [-0.15, -0.1) is 0 Å². The number of Topliss-reactive ketones (excluding diaryl/α,β-unsaturated/α-hetero) is 1. The van der Waals surface area contributed by atoms with Crippen LogP contribution in [0, 0.1) is 5.82 Å². The third-order valence-corrected chi connectivity index (χ3v) is 6.02. The molecular formula is C25H27ClFN3O4. The number of phenols is 1. The van der Waals surface area contributed by atoms with Crippen molar-refractivity contribution in [1.29, 1.82) is 0 Å². The molecule has 9 heteroatoms. The number of aromatic nitrogens is 1. The number of phenolic OH excluding ortho intramolecular Hbond substituents is 1. The summed E-state index contributed by atoms with van der Waals surface area (Å²) in [5.74, 6) is -0.511. The largest absolute Gasteiger partial charge is 0.508 e. The monoisotopic (exact) mass is 487 g/mol. The molecule has 7 nitrogen and oxygen atoms in total. The lowest BCUT2D eigenvalue weighted by Gasteiger charge is -2.20. The lowest BCUT2D eigenvalue weighted by molar-refractivity contribution is -0.135. The Morgan fingerprint density at radius 2 is 2.06 bits per heavy atom. The van der Waals surface area contributed by atoms with E-state index in [-0.39, 0.29) is 40.9 Å². The van der Waals surface area contributed by atoms with Gasteiger partial charge in [-0.25, -0.2) is 4.39 Å². The second kappa shape index (κ2) is 11.3. The highest BCUT2D eigenvalue weighted by atomic mass is 35.5. The van der Waals surface area contributed by atoms with Crippen LogP contribution in [0.3, 0.4) is 0 Å². The van der Waals surface area contributed by atoms with Crippen LogP contribution in [0.5, 0.6) is 5.75 Å². The van der Waals surface area contributed by atoms with E-state index in [0.29, 0.717) is 41.5 Å². The molecule has 1 atom stereocenters. The molecule has 3 aromatic rings. The number of amides is 1. The van der Waals surface area contributed by atoms with Gasteiger partial charge in [-0.1, -0.05) is 23.7 Å². The maximum atomic E-state index is 13.0. The number of carbonyl (C=O) groups excluding carboxylic acids is 3. The summed E-state index contributed by atoms with van der Waals surface area (Å²) in [5, 5.41) is 13.4. The smallest absolute Gasteiger partial charge is 0.243 e. The first kappa shape index (κ1) is 25.4. The number of nitrogens with zero attached hydrogens (tertiary/aromatic N) is 2. The maximum Gasteiger partial charge on any atom is 0.243 e. The van der Waals surface area contributed by atoms with Gasteiger partial charge in [-0.05, 0) is 45.0 Å². The van der Waals surface area contributed by atoms with Crippen LogP contribution in [0.4, 0.5) is 4.39 Å². The number of benzene rings is 2. The number of hydrogen-bond donors (Lipinski definition) is 2. The summed E-state index contributed by atoms with van der Waals surface area (Å²) in [6, 6.07) is 9.35. The van der Waals surface area contributed by atoms with Crippen LogP contribution in [0.2, 0.25) is 5.02 Å². The van der Waals surface area contributed by atoms with E-state index in [4.69, 9.17) is 11.6 Å². The number of carbonyl (C=O) groups is 3. The fourth-order valence-corrected chi connectivity index (χ4v) is 4.24. The van der Waals surface area contributed by atoms with E-state index in [0.717, 1.165) is 12.7 Å². The highest BCUT2D eigenvalue weighted by molar-refractivity contribution is 6.30. The van der Waals surface area contributed by atoms with E-state index in [1.807, 2.05) is 0 Å². The first-order chi connectivity index (χ1) is 16.3. The summed E-state index contributed by atoms with van der Waals surface area (Å²) < 4.78 is 14.7. The molecule has 1 aromatic heterocycles. The van der Waals surface area contributed by atoms with Crippen LogP contribution < -0.4 is 5.32 Å². The Labute approximate surface area is 202 Å². The molecule has 0 saturated carbocycles. The molecule has 2 heterocycles. The van der Waals surface area contributed by atoms with E-state index in [2.05, 4.69) is 5.32 Å². The van der Waals surface area contributed by atoms with Crippen molar-refractivity contribution in [3.8, 4) is 5.75 Å². The first-order valence-corrected chi connectivity index (χ1v) is 11.3. The lowest BCUT2D eigenvalue weighted by Crippen LogP contribution is -2.38. The van der Waals surface area contributed by atoms with E-state index >= 15 is 0 Å². The Balaban J connectivity index is 0.000000248. The minimum atomic E-state index is -0.356. The zero-order valence-electron chi connectivity index (χ0n) is 19.1. The van der Waals surface area contributed by atoms with Crippen LogP contribution in [-0.4, -0.2) is 52.2 Å². The zero-order valence-corrected chi connectivity index (χ0v) is 19.8. The molecule has 0 bridgehead atoms. The molecule has 180 valence electrons. The molecule has 2 aromatic carbocycles. The van der Waals surface area contributed by atoms with Gasteiger partial charge in [0.2, 0.25) is 5.91 Å². The molecular weight excluding hydrogens is 461 g/mol. The summed E-state index contributed by atoms with van der Waals surface area (Å²) in [4.78, 5) is 36.9. The van der Waals surface area contributed by atoms with E-state index < -0.39 is 0 Å². The van der Waals surface area contributed by atoms with Crippen molar-refractivity contribution in [3.63, 3.8) is 0 Å². The van der Waals surface area contributed by atoms with Gasteiger partial charge >= 0.3 is 0 Å². The summed E-state index contributed by atoms with van der Waals surface area (Å²) in [7, 11) is 1.76. The second-order valence-corrected chi connectivity index (χ2v) is 8.51. The summed E-state index contributed by atoms with van der Waals surface area (Å²) in [6.45, 7) is 2.59. The number of ketones is 1. The Morgan fingerprint density at radius 3 is 2.74 bits per heavy atom. The van der Waals surface area contributed by atoms with E-state index in [9.17, 15) is 23.9 Å². The topological polar surface area (TPSA) is 91.6 Å². The molecule has 0 radical (unpaired) electrons. The Hall–Kier alpha value is -3.23. The predicted octanol–water partition coefficient (Wildman–Crippen LogP) is 3.94. The van der Waals surface area contributed by atoms with Crippen LogP contribution in [0.15, 0.2) is 42.6 Å². The molecule has 1 fully saturated rings. The fourth-order valence-electron chi connectivity index (χ4n) is 4.05. The number of aldehydes is 1. The SMILES string of the molecule is CC(=O)c1cn(CC(=O)N2CCC[C@H]2C=O)c2cc(O)ccc12.CNCc1cccc(Cl)c1F. The molecule has 0 spiro atoms. The van der Waals surface area contributed by atoms with Gasteiger partial charge in [-0.2, -0.15) is 0 Å². The number of nitrogens with one attached hydrogen (secondary N) is 1. The summed E-state index contributed by atoms with van der Waals surface area (Å²) >= 11 is 5.55. The number of likely N-dealkylation sites (tertiary alicyclic amines) is 1. The quantitative estimate of drug-likeness (QED) is 0.406. The van der Waals surface area contributed by atoms with Crippen molar-refractivity contribution < 1.29 is 23.9 Å². The average Bonchev–Trinajstić information content (AvgIpc) is 3.42. The van der Waals surface area contributed by atoms with E-state index in [1.54, 1.807) is 40.9 Å². The maximum absolute atomic E-state index is 13.0. The molecule has 1 aliphatic heterocycles. The number of halogens is 2. The Bertz CT molecular complexity index is 1210.